The number of rotatable bonds is 4. The summed E-state index contributed by atoms with van der Waals surface area (Å²) < 4.78 is 1.07. The Morgan fingerprint density at radius 2 is 1.48 bits per heavy atom. The molecule has 3 aromatic rings. The van der Waals surface area contributed by atoms with Crippen molar-refractivity contribution in [1.82, 2.24) is 4.90 Å². The van der Waals surface area contributed by atoms with Gasteiger partial charge in [-0.15, -0.1) is 0 Å². The van der Waals surface area contributed by atoms with Crippen LogP contribution < -0.4 is 16.4 Å². The molecule has 0 bridgehead atoms. The van der Waals surface area contributed by atoms with Gasteiger partial charge < -0.3 is 10.6 Å². The molecule has 0 saturated carbocycles. The molecular weight excluding hydrogens is 400 g/mol. The zero-order valence-electron chi connectivity index (χ0n) is 15.0. The van der Waals surface area contributed by atoms with Crippen molar-refractivity contribution in [3.63, 3.8) is 0 Å². The number of para-hydroxylation sites is 1. The first kappa shape index (κ1) is 18.2. The molecule has 5 heteroatoms. The van der Waals surface area contributed by atoms with Gasteiger partial charge in [0.2, 0.25) is 0 Å². The molecule has 0 radical (unpaired) electrons. The van der Waals surface area contributed by atoms with Gasteiger partial charge in [0.15, 0.2) is 0 Å². The third-order valence-electron chi connectivity index (χ3n) is 5.03. The van der Waals surface area contributed by atoms with Gasteiger partial charge in [-0.2, -0.15) is 0 Å². The Morgan fingerprint density at radius 3 is 2.26 bits per heavy atom. The molecular formula is C22H23BrN4. The highest BCUT2D eigenvalue weighted by atomic mass is 79.9. The Morgan fingerprint density at radius 1 is 0.778 bits per heavy atom. The summed E-state index contributed by atoms with van der Waals surface area (Å²) in [6, 6.07) is 26.9. The molecule has 0 saturated heterocycles. The molecule has 4 nitrogen and oxygen atoms in total. The van der Waals surface area contributed by atoms with Crippen molar-refractivity contribution < 1.29 is 0 Å². The number of anilines is 1. The lowest BCUT2D eigenvalue weighted by atomic mass is 10.0. The molecule has 138 valence electrons. The largest absolute Gasteiger partial charge is 0.339 e. The van der Waals surface area contributed by atoms with Crippen molar-refractivity contribution in [1.29, 1.82) is 0 Å². The summed E-state index contributed by atoms with van der Waals surface area (Å²) in [6.07, 6.45) is -0.552. The van der Waals surface area contributed by atoms with Crippen molar-refractivity contribution in [2.45, 2.75) is 25.5 Å². The fourth-order valence-corrected chi connectivity index (χ4v) is 4.11. The molecule has 4 N–H and O–H groups in total. The standard InChI is InChI=1S/C22H23BrN4/c23-18-10-6-9-17(13-18)15-26-20-12-5-4-11-19(20)21(24)27(22(26)25)14-16-7-2-1-3-8-16/h1-13,21-22H,14-15,24-25H2. The topological polar surface area (TPSA) is 58.5 Å². The molecule has 3 aromatic carbocycles. The van der Waals surface area contributed by atoms with Gasteiger partial charge >= 0.3 is 0 Å². The van der Waals surface area contributed by atoms with Gasteiger partial charge in [-0.3, -0.25) is 5.73 Å². The van der Waals surface area contributed by atoms with Crippen LogP contribution in [0.5, 0.6) is 0 Å². The predicted molar refractivity (Wildman–Crippen MR) is 114 cm³/mol. The van der Waals surface area contributed by atoms with Crippen LogP contribution in [0.25, 0.3) is 0 Å². The van der Waals surface area contributed by atoms with Gasteiger partial charge in [0.05, 0.1) is 6.17 Å². The van der Waals surface area contributed by atoms with E-state index >= 15 is 0 Å². The average Bonchev–Trinajstić information content (AvgIpc) is 2.69. The maximum atomic E-state index is 6.72. The summed E-state index contributed by atoms with van der Waals surface area (Å²) in [5, 5.41) is 0. The summed E-state index contributed by atoms with van der Waals surface area (Å²) in [4.78, 5) is 4.37. The van der Waals surface area contributed by atoms with Gasteiger partial charge in [0, 0.05) is 28.8 Å². The minimum Gasteiger partial charge on any atom is -0.339 e. The number of nitrogens with zero attached hydrogens (tertiary/aromatic N) is 2. The molecule has 27 heavy (non-hydrogen) atoms. The van der Waals surface area contributed by atoms with Crippen LogP contribution in [0.2, 0.25) is 0 Å². The second-order valence-electron chi connectivity index (χ2n) is 6.83. The second-order valence-corrected chi connectivity index (χ2v) is 7.75. The summed E-state index contributed by atoms with van der Waals surface area (Å²) in [5.41, 5.74) is 17.9. The first-order chi connectivity index (χ1) is 13.1. The van der Waals surface area contributed by atoms with Crippen LogP contribution in [0.1, 0.15) is 22.9 Å². The van der Waals surface area contributed by atoms with E-state index in [1.54, 1.807) is 0 Å². The molecule has 0 amide bonds. The van der Waals surface area contributed by atoms with Crippen molar-refractivity contribution in [3.05, 3.63) is 100 Å². The highest BCUT2D eigenvalue weighted by Gasteiger charge is 2.35. The number of fused-ring (bicyclic) bond motifs is 1. The van der Waals surface area contributed by atoms with E-state index in [0.29, 0.717) is 6.54 Å². The monoisotopic (exact) mass is 422 g/mol. The van der Waals surface area contributed by atoms with Crippen LogP contribution >= 0.6 is 15.9 Å². The van der Waals surface area contributed by atoms with E-state index in [1.165, 1.54) is 11.1 Å². The number of halogens is 1. The maximum absolute atomic E-state index is 6.72. The van der Waals surface area contributed by atoms with E-state index in [9.17, 15) is 0 Å². The Kier molecular flexibility index (Phi) is 5.27. The fraction of sp³-hybridized carbons (Fsp3) is 0.182. The van der Waals surface area contributed by atoms with Crippen molar-refractivity contribution in [3.8, 4) is 0 Å². The molecule has 0 aromatic heterocycles. The van der Waals surface area contributed by atoms with Crippen molar-refractivity contribution >= 4 is 21.6 Å². The molecule has 2 atom stereocenters. The zero-order valence-corrected chi connectivity index (χ0v) is 16.6. The number of hydrogen-bond acceptors (Lipinski definition) is 4. The summed E-state index contributed by atoms with van der Waals surface area (Å²) >= 11 is 3.56. The number of benzene rings is 3. The van der Waals surface area contributed by atoms with E-state index in [0.717, 1.165) is 22.3 Å². The van der Waals surface area contributed by atoms with Gasteiger partial charge in [-0.25, -0.2) is 4.90 Å². The first-order valence-electron chi connectivity index (χ1n) is 9.04. The lowest BCUT2D eigenvalue weighted by Gasteiger charge is -2.47. The third-order valence-corrected chi connectivity index (χ3v) is 5.52. The summed E-state index contributed by atoms with van der Waals surface area (Å²) in [5.74, 6) is 0. The average molecular weight is 423 g/mol. The lowest BCUT2D eigenvalue weighted by Crippen LogP contribution is -2.59. The van der Waals surface area contributed by atoms with Crippen molar-refractivity contribution in [2.24, 2.45) is 11.5 Å². The van der Waals surface area contributed by atoms with Crippen LogP contribution in [0.15, 0.2) is 83.3 Å². The van der Waals surface area contributed by atoms with Gasteiger partial charge in [-0.05, 0) is 29.3 Å². The lowest BCUT2D eigenvalue weighted by molar-refractivity contribution is 0.112. The van der Waals surface area contributed by atoms with Gasteiger partial charge in [-0.1, -0.05) is 76.6 Å². The number of nitrogens with two attached hydrogens (primary N) is 2. The van der Waals surface area contributed by atoms with Crippen LogP contribution in [0.4, 0.5) is 5.69 Å². The summed E-state index contributed by atoms with van der Waals surface area (Å²) in [6.45, 7) is 1.42. The van der Waals surface area contributed by atoms with Crippen LogP contribution in [-0.2, 0) is 13.1 Å². The maximum Gasteiger partial charge on any atom is 0.136 e. The van der Waals surface area contributed by atoms with Crippen LogP contribution in [0, 0.1) is 0 Å². The van der Waals surface area contributed by atoms with E-state index in [4.69, 9.17) is 11.5 Å². The molecule has 4 rings (SSSR count). The van der Waals surface area contributed by atoms with E-state index in [1.807, 2.05) is 42.5 Å². The zero-order chi connectivity index (χ0) is 18.8. The summed E-state index contributed by atoms with van der Waals surface area (Å²) in [7, 11) is 0. The van der Waals surface area contributed by atoms with Crippen LogP contribution in [-0.4, -0.2) is 11.2 Å². The Bertz CT molecular complexity index is 915. The molecule has 0 spiro atoms. The Balaban J connectivity index is 1.69. The number of hydrogen-bond donors (Lipinski definition) is 2. The predicted octanol–water partition coefficient (Wildman–Crippen LogP) is 4.17. The highest BCUT2D eigenvalue weighted by molar-refractivity contribution is 9.10. The minimum atomic E-state index is -0.311. The second kappa shape index (κ2) is 7.82. The van der Waals surface area contributed by atoms with Crippen LogP contribution in [0.3, 0.4) is 0 Å². The van der Waals surface area contributed by atoms with E-state index in [-0.39, 0.29) is 12.5 Å². The molecule has 0 fully saturated rings. The minimum absolute atomic E-state index is 0.241. The smallest absolute Gasteiger partial charge is 0.136 e. The molecule has 1 aliphatic heterocycles. The molecule has 1 heterocycles. The fourth-order valence-electron chi connectivity index (χ4n) is 3.66. The highest BCUT2D eigenvalue weighted by Crippen LogP contribution is 2.36. The normalized spacial score (nSPS) is 19.7. The molecule has 1 aliphatic rings. The molecule has 0 aliphatic carbocycles. The van der Waals surface area contributed by atoms with Gasteiger partial charge in [0.25, 0.3) is 0 Å². The Labute approximate surface area is 168 Å². The molecule has 2 unspecified atom stereocenters. The van der Waals surface area contributed by atoms with Gasteiger partial charge in [0.1, 0.15) is 6.29 Å². The Hall–Kier alpha value is -2.18. The first-order valence-corrected chi connectivity index (χ1v) is 9.83. The third kappa shape index (κ3) is 3.77. The quantitative estimate of drug-likeness (QED) is 0.662. The van der Waals surface area contributed by atoms with Crippen molar-refractivity contribution in [2.75, 3.05) is 4.90 Å². The van der Waals surface area contributed by atoms with E-state index in [2.05, 4.69) is 62.1 Å². The van der Waals surface area contributed by atoms with E-state index < -0.39 is 0 Å². The SMILES string of the molecule is NC1c2ccccc2N(Cc2cccc(Br)c2)C(N)N1Cc1ccccc1.